The predicted octanol–water partition coefficient (Wildman–Crippen LogP) is 8.47. The van der Waals surface area contributed by atoms with Gasteiger partial charge in [0.25, 0.3) is 0 Å². The van der Waals surface area contributed by atoms with Gasteiger partial charge in [-0.25, -0.2) is 9.59 Å². The number of unbranched alkanes of at least 4 members (excludes halogenated alkanes) is 12. The Bertz CT molecular complexity index is 1040. The van der Waals surface area contributed by atoms with Crippen molar-refractivity contribution in [2.75, 3.05) is 27.3 Å². The molecule has 0 saturated carbocycles. The van der Waals surface area contributed by atoms with Gasteiger partial charge >= 0.3 is 12.0 Å². The number of esters is 1. The summed E-state index contributed by atoms with van der Waals surface area (Å²) in [5, 5.41) is 3.32. The fourth-order valence-electron chi connectivity index (χ4n) is 5.63. The molecule has 1 aliphatic rings. The Kier molecular flexibility index (Phi) is 16.6. The van der Waals surface area contributed by atoms with Gasteiger partial charge in [-0.1, -0.05) is 96.1 Å². The lowest BCUT2D eigenvalue weighted by molar-refractivity contribution is -0.139. The molecule has 1 atom stereocenters. The fraction of sp³-hybridized carbons (Fsp3) is 0.676. The lowest BCUT2D eigenvalue weighted by Gasteiger charge is -2.40. The van der Waals surface area contributed by atoms with E-state index < -0.39 is 12.0 Å². The summed E-state index contributed by atoms with van der Waals surface area (Å²) in [5.74, 6) is 0.190. The maximum Gasteiger partial charge on any atom is 0.338 e. The number of carbonyl (C=O) groups is 2. The van der Waals surface area contributed by atoms with Crippen LogP contribution in [0.5, 0.6) is 5.75 Å². The minimum absolute atomic E-state index is 0.229. The Hall–Kier alpha value is -2.61. The molecule has 0 radical (unpaired) electrons. The van der Waals surface area contributed by atoms with E-state index in [1.807, 2.05) is 19.1 Å². The fourth-order valence-corrected chi connectivity index (χ4v) is 5.97. The van der Waals surface area contributed by atoms with Crippen molar-refractivity contribution in [2.24, 2.45) is 0 Å². The minimum Gasteiger partial charge on any atom is -0.493 e. The number of ether oxygens (including phenoxy) is 2. The number of hydrogen-bond acceptors (Lipinski definition) is 5. The van der Waals surface area contributed by atoms with Gasteiger partial charge in [0, 0.05) is 25.4 Å². The molecule has 1 aromatic carbocycles. The Balaban J connectivity index is 2.18. The van der Waals surface area contributed by atoms with Crippen LogP contribution in [0.4, 0.5) is 4.79 Å². The number of carbonyl (C=O) groups excluding carboxylic acids is 2. The van der Waals surface area contributed by atoms with E-state index in [-0.39, 0.29) is 17.8 Å². The van der Waals surface area contributed by atoms with Gasteiger partial charge in [0.2, 0.25) is 0 Å². The summed E-state index contributed by atoms with van der Waals surface area (Å²) in [4.78, 5) is 29.8. The van der Waals surface area contributed by atoms with E-state index in [1.165, 1.54) is 80.4 Å². The summed E-state index contributed by atoms with van der Waals surface area (Å²) in [7, 11) is 3.36. The Morgan fingerprint density at radius 1 is 0.881 bits per heavy atom. The van der Waals surface area contributed by atoms with Gasteiger partial charge in [0.05, 0.1) is 18.8 Å². The first kappa shape index (κ1) is 35.6. The SMILES string of the molecule is CCCCCCCCCCCCCCCc1cccc(OCC)c1C1C(C(=O)OCC)=C(C)NC(=S)N1C(=O)N(C)C. The van der Waals surface area contributed by atoms with E-state index in [4.69, 9.17) is 21.7 Å². The van der Waals surface area contributed by atoms with Crippen molar-refractivity contribution in [3.8, 4) is 5.75 Å². The number of amides is 2. The van der Waals surface area contributed by atoms with E-state index in [2.05, 4.69) is 18.3 Å². The molecular formula is C34H55N3O4S. The number of aryl methyl sites for hydroxylation is 1. The Morgan fingerprint density at radius 2 is 1.45 bits per heavy atom. The molecule has 1 heterocycles. The van der Waals surface area contributed by atoms with Gasteiger partial charge in [0.1, 0.15) is 11.8 Å². The first-order valence-corrected chi connectivity index (χ1v) is 16.6. The van der Waals surface area contributed by atoms with Crippen LogP contribution < -0.4 is 10.1 Å². The van der Waals surface area contributed by atoms with Crippen molar-refractivity contribution in [3.05, 3.63) is 40.6 Å². The van der Waals surface area contributed by atoms with Crippen molar-refractivity contribution in [1.82, 2.24) is 15.1 Å². The summed E-state index contributed by atoms with van der Waals surface area (Å²) in [6, 6.07) is 4.91. The molecule has 7 nitrogen and oxygen atoms in total. The van der Waals surface area contributed by atoms with Gasteiger partial charge in [-0.15, -0.1) is 0 Å². The zero-order chi connectivity index (χ0) is 30.9. The van der Waals surface area contributed by atoms with Crippen LogP contribution in [0.15, 0.2) is 29.5 Å². The van der Waals surface area contributed by atoms with Crippen molar-refractivity contribution < 1.29 is 19.1 Å². The number of urea groups is 1. The van der Waals surface area contributed by atoms with Crippen LogP contribution in [0.2, 0.25) is 0 Å². The topological polar surface area (TPSA) is 71.1 Å². The molecule has 0 spiro atoms. The van der Waals surface area contributed by atoms with Crippen LogP contribution >= 0.6 is 12.2 Å². The number of hydrogen-bond donors (Lipinski definition) is 1. The number of nitrogens with one attached hydrogen (secondary N) is 1. The average molecular weight is 602 g/mol. The molecule has 0 fully saturated rings. The Morgan fingerprint density at radius 3 is 1.98 bits per heavy atom. The van der Waals surface area contributed by atoms with Gasteiger partial charge in [0.15, 0.2) is 5.11 Å². The summed E-state index contributed by atoms with van der Waals surface area (Å²) in [5.41, 5.74) is 2.83. The number of benzene rings is 1. The van der Waals surface area contributed by atoms with Crippen molar-refractivity contribution in [1.29, 1.82) is 0 Å². The second-order valence-electron chi connectivity index (χ2n) is 11.4. The van der Waals surface area contributed by atoms with Crippen molar-refractivity contribution in [3.63, 3.8) is 0 Å². The molecular weight excluding hydrogens is 546 g/mol. The van der Waals surface area contributed by atoms with Crippen molar-refractivity contribution >= 4 is 29.3 Å². The Labute approximate surface area is 260 Å². The molecule has 8 heteroatoms. The summed E-state index contributed by atoms with van der Waals surface area (Å²) in [6.07, 6.45) is 17.7. The monoisotopic (exact) mass is 601 g/mol. The van der Waals surface area contributed by atoms with E-state index >= 15 is 0 Å². The number of rotatable bonds is 19. The third kappa shape index (κ3) is 10.6. The molecule has 1 aliphatic heterocycles. The lowest BCUT2D eigenvalue weighted by Crippen LogP contribution is -2.54. The van der Waals surface area contributed by atoms with Crippen LogP contribution in [0.1, 0.15) is 128 Å². The molecule has 1 N–H and O–H groups in total. The van der Waals surface area contributed by atoms with Gasteiger partial charge in [-0.05, 0) is 57.5 Å². The maximum atomic E-state index is 13.5. The normalized spacial score (nSPS) is 15.0. The first-order chi connectivity index (χ1) is 20.3. The highest BCUT2D eigenvalue weighted by molar-refractivity contribution is 7.80. The summed E-state index contributed by atoms with van der Waals surface area (Å²) >= 11 is 5.67. The van der Waals surface area contributed by atoms with Crippen molar-refractivity contribution in [2.45, 2.75) is 124 Å². The van der Waals surface area contributed by atoms with Crippen LogP contribution in [-0.2, 0) is 16.0 Å². The quantitative estimate of drug-likeness (QED) is 0.0974. The second kappa shape index (κ2) is 19.6. The molecule has 2 rings (SSSR count). The molecule has 1 aromatic rings. The smallest absolute Gasteiger partial charge is 0.338 e. The molecule has 42 heavy (non-hydrogen) atoms. The third-order valence-corrected chi connectivity index (χ3v) is 8.11. The highest BCUT2D eigenvalue weighted by Gasteiger charge is 2.43. The number of nitrogens with zero attached hydrogens (tertiary/aromatic N) is 2. The third-order valence-electron chi connectivity index (χ3n) is 7.81. The first-order valence-electron chi connectivity index (χ1n) is 16.2. The average Bonchev–Trinajstić information content (AvgIpc) is 2.95. The molecule has 0 bridgehead atoms. The highest BCUT2D eigenvalue weighted by atomic mass is 32.1. The van der Waals surface area contributed by atoms with Gasteiger partial charge in [-0.3, -0.25) is 4.90 Å². The summed E-state index contributed by atoms with van der Waals surface area (Å²) in [6.45, 7) is 8.48. The molecule has 0 saturated heterocycles. The van der Waals surface area contributed by atoms with E-state index in [1.54, 1.807) is 27.9 Å². The van der Waals surface area contributed by atoms with E-state index in [0.717, 1.165) is 30.4 Å². The molecule has 2 amide bonds. The minimum atomic E-state index is -0.757. The second-order valence-corrected chi connectivity index (χ2v) is 11.8. The standard InChI is InChI=1S/C34H55N3O4S/c1-7-10-11-12-13-14-15-16-17-18-19-20-21-23-27-24-22-25-28(40-8-2)30(27)31-29(32(38)41-9-3)26(4)35-33(42)37(31)34(39)36(5)6/h22,24-25,31H,7-21,23H2,1-6H3,(H,35,42). The predicted molar refractivity (Wildman–Crippen MR) is 176 cm³/mol. The summed E-state index contributed by atoms with van der Waals surface area (Å²) < 4.78 is 11.6. The van der Waals surface area contributed by atoms with Crippen LogP contribution in [0.3, 0.4) is 0 Å². The number of thiocarbonyl (C=S) groups is 1. The van der Waals surface area contributed by atoms with Gasteiger partial charge in [-0.2, -0.15) is 0 Å². The van der Waals surface area contributed by atoms with E-state index in [9.17, 15) is 9.59 Å². The lowest BCUT2D eigenvalue weighted by atomic mass is 9.88. The van der Waals surface area contributed by atoms with Crippen LogP contribution in [-0.4, -0.2) is 54.2 Å². The largest absolute Gasteiger partial charge is 0.493 e. The highest BCUT2D eigenvalue weighted by Crippen LogP contribution is 2.42. The maximum absolute atomic E-state index is 13.5. The molecule has 0 aromatic heterocycles. The zero-order valence-corrected chi connectivity index (χ0v) is 27.9. The zero-order valence-electron chi connectivity index (χ0n) is 27.1. The molecule has 236 valence electrons. The number of allylic oxidation sites excluding steroid dienone is 1. The molecule has 0 aliphatic carbocycles. The van der Waals surface area contributed by atoms with Crippen LogP contribution in [0, 0.1) is 0 Å². The molecule has 1 unspecified atom stereocenters. The van der Waals surface area contributed by atoms with Crippen LogP contribution in [0.25, 0.3) is 0 Å². The van der Waals surface area contributed by atoms with Gasteiger partial charge < -0.3 is 19.7 Å². The van der Waals surface area contributed by atoms with E-state index in [0.29, 0.717) is 23.6 Å².